The summed E-state index contributed by atoms with van der Waals surface area (Å²) in [6, 6.07) is 4.92. The molecule has 1 rings (SSSR count). The molecule has 1 nitrogen and oxygen atoms in total. The second-order valence-corrected chi connectivity index (χ2v) is 3.19. The SMILES string of the molecule is CC(C)(C)n1c[c-]cc1.[Y]. The summed E-state index contributed by atoms with van der Waals surface area (Å²) in [6.07, 6.45) is 3.99. The maximum absolute atomic E-state index is 3.00. The first-order chi connectivity index (χ1) is 4.11. The van der Waals surface area contributed by atoms with Gasteiger partial charge in [-0.2, -0.15) is 0 Å². The van der Waals surface area contributed by atoms with E-state index in [-0.39, 0.29) is 38.2 Å². The minimum Gasteiger partial charge on any atom is -0.444 e. The first kappa shape index (κ1) is 10.4. The van der Waals surface area contributed by atoms with Crippen molar-refractivity contribution in [3.63, 3.8) is 0 Å². The van der Waals surface area contributed by atoms with Crippen LogP contribution in [0.25, 0.3) is 0 Å². The van der Waals surface area contributed by atoms with Crippen LogP contribution >= 0.6 is 0 Å². The van der Waals surface area contributed by atoms with Crippen LogP contribution in [0.4, 0.5) is 0 Å². The molecule has 0 saturated heterocycles. The largest absolute Gasteiger partial charge is 0.444 e. The molecule has 53 valence electrons. The van der Waals surface area contributed by atoms with E-state index in [2.05, 4.69) is 31.4 Å². The maximum Gasteiger partial charge on any atom is 0.0174 e. The molecule has 0 aliphatic carbocycles. The van der Waals surface area contributed by atoms with Gasteiger partial charge < -0.3 is 4.57 Å². The van der Waals surface area contributed by atoms with Gasteiger partial charge in [-0.25, -0.2) is 12.1 Å². The molecule has 1 radical (unpaired) electrons. The molecule has 0 aliphatic rings. The summed E-state index contributed by atoms with van der Waals surface area (Å²) < 4.78 is 2.13. The van der Waals surface area contributed by atoms with Crippen LogP contribution in [0.3, 0.4) is 0 Å². The zero-order chi connectivity index (χ0) is 6.91. The Morgan fingerprint density at radius 3 is 2.10 bits per heavy atom. The van der Waals surface area contributed by atoms with Crippen LogP contribution in [0.15, 0.2) is 18.5 Å². The third-order valence-electron chi connectivity index (χ3n) is 1.32. The van der Waals surface area contributed by atoms with Gasteiger partial charge in [0.15, 0.2) is 0 Å². The van der Waals surface area contributed by atoms with E-state index in [1.807, 2.05) is 18.5 Å². The summed E-state index contributed by atoms with van der Waals surface area (Å²) in [4.78, 5) is 0. The third-order valence-corrected chi connectivity index (χ3v) is 1.32. The van der Waals surface area contributed by atoms with Gasteiger partial charge in [-0.15, -0.1) is 12.4 Å². The average Bonchev–Trinajstić information content (AvgIpc) is 2.08. The minimum absolute atomic E-state index is 0. The van der Waals surface area contributed by atoms with Crippen molar-refractivity contribution in [3.8, 4) is 0 Å². The Kier molecular flexibility index (Phi) is 3.82. The Labute approximate surface area is 87.7 Å². The average molecular weight is 211 g/mol. The van der Waals surface area contributed by atoms with Gasteiger partial charge in [0.2, 0.25) is 0 Å². The van der Waals surface area contributed by atoms with Crippen LogP contribution in [0.5, 0.6) is 0 Å². The fourth-order valence-electron chi connectivity index (χ4n) is 0.707. The molecule has 0 bridgehead atoms. The van der Waals surface area contributed by atoms with Gasteiger partial charge in [0.05, 0.1) is 0 Å². The maximum atomic E-state index is 3.00. The molecule has 1 heterocycles. The molecule has 0 unspecified atom stereocenters. The quantitative estimate of drug-likeness (QED) is 0.578. The Morgan fingerprint density at radius 2 is 1.90 bits per heavy atom. The molecule has 0 amide bonds. The third kappa shape index (κ3) is 2.55. The number of hydrogen-bond acceptors (Lipinski definition) is 0. The van der Waals surface area contributed by atoms with E-state index < -0.39 is 0 Å². The fourth-order valence-corrected chi connectivity index (χ4v) is 0.707. The van der Waals surface area contributed by atoms with Gasteiger partial charge in [-0.1, -0.05) is 0 Å². The summed E-state index contributed by atoms with van der Waals surface area (Å²) >= 11 is 0. The van der Waals surface area contributed by atoms with Crippen molar-refractivity contribution >= 4 is 0 Å². The number of nitrogens with zero attached hydrogens (tertiary/aromatic N) is 1. The molecule has 0 aromatic carbocycles. The predicted molar refractivity (Wildman–Crippen MR) is 38.3 cm³/mol. The summed E-state index contributed by atoms with van der Waals surface area (Å²) in [5, 5.41) is 0. The van der Waals surface area contributed by atoms with E-state index in [0.717, 1.165) is 0 Å². The van der Waals surface area contributed by atoms with Crippen molar-refractivity contribution in [3.05, 3.63) is 24.5 Å². The van der Waals surface area contributed by atoms with Crippen molar-refractivity contribution in [1.29, 1.82) is 0 Å². The van der Waals surface area contributed by atoms with E-state index in [0.29, 0.717) is 0 Å². The van der Waals surface area contributed by atoms with Crippen molar-refractivity contribution in [1.82, 2.24) is 4.57 Å². The molecule has 2 heteroatoms. The normalized spacial score (nSPS) is 10.7. The minimum atomic E-state index is 0. The van der Waals surface area contributed by atoms with Crippen LogP contribution in [-0.4, -0.2) is 4.57 Å². The number of rotatable bonds is 0. The van der Waals surface area contributed by atoms with Gasteiger partial charge in [-0.3, -0.25) is 0 Å². The van der Waals surface area contributed by atoms with Crippen molar-refractivity contribution in [2.24, 2.45) is 0 Å². The van der Waals surface area contributed by atoms with Gasteiger partial charge in [0, 0.05) is 38.2 Å². The van der Waals surface area contributed by atoms with Gasteiger partial charge >= 0.3 is 0 Å². The second kappa shape index (κ2) is 3.68. The molecule has 0 atom stereocenters. The molecule has 0 fully saturated rings. The molecule has 1 aromatic heterocycles. The van der Waals surface area contributed by atoms with Crippen molar-refractivity contribution in [2.75, 3.05) is 0 Å². The summed E-state index contributed by atoms with van der Waals surface area (Å²) in [5.41, 5.74) is 0.208. The first-order valence-corrected chi connectivity index (χ1v) is 3.15. The molecule has 0 spiro atoms. The van der Waals surface area contributed by atoms with E-state index in [1.165, 1.54) is 0 Å². The Hall–Kier alpha value is 0.384. The van der Waals surface area contributed by atoms with Gasteiger partial charge in [0.1, 0.15) is 0 Å². The molecule has 0 aliphatic heterocycles. The fraction of sp³-hybridized carbons (Fsp3) is 0.500. The van der Waals surface area contributed by atoms with Crippen molar-refractivity contribution < 1.29 is 32.7 Å². The molecule has 0 saturated carbocycles. The Bertz CT molecular complexity index is 172. The summed E-state index contributed by atoms with van der Waals surface area (Å²) in [6.45, 7) is 6.50. The Morgan fingerprint density at radius 1 is 1.30 bits per heavy atom. The smallest absolute Gasteiger partial charge is 0.0174 e. The van der Waals surface area contributed by atoms with E-state index in [4.69, 9.17) is 0 Å². The van der Waals surface area contributed by atoms with Crippen LogP contribution < -0.4 is 0 Å². The van der Waals surface area contributed by atoms with Gasteiger partial charge in [-0.05, 0) is 20.8 Å². The molecule has 10 heavy (non-hydrogen) atoms. The standard InChI is InChI=1S/C8H12N.Y/c1-8(2,3)9-6-4-5-7-9;/h4,6-7H,1-3H3;/q-1;. The van der Waals surface area contributed by atoms with Crippen molar-refractivity contribution in [2.45, 2.75) is 26.3 Å². The topological polar surface area (TPSA) is 4.93 Å². The Balaban J connectivity index is 0.000000810. The van der Waals surface area contributed by atoms with Crippen LogP contribution in [-0.2, 0) is 38.2 Å². The van der Waals surface area contributed by atoms with Crippen LogP contribution in [0.1, 0.15) is 20.8 Å². The number of aromatic nitrogens is 1. The molecular formula is C8H12NY-. The number of hydrogen-bond donors (Lipinski definition) is 0. The molecular weight excluding hydrogens is 199 g/mol. The molecule has 0 N–H and O–H groups in total. The summed E-state index contributed by atoms with van der Waals surface area (Å²) in [7, 11) is 0. The van der Waals surface area contributed by atoms with Crippen LogP contribution in [0.2, 0.25) is 0 Å². The second-order valence-electron chi connectivity index (χ2n) is 3.19. The van der Waals surface area contributed by atoms with Crippen LogP contribution in [0, 0.1) is 6.07 Å². The van der Waals surface area contributed by atoms with E-state index in [9.17, 15) is 0 Å². The first-order valence-electron chi connectivity index (χ1n) is 3.15. The van der Waals surface area contributed by atoms with E-state index >= 15 is 0 Å². The monoisotopic (exact) mass is 211 g/mol. The zero-order valence-electron chi connectivity index (χ0n) is 6.76. The zero-order valence-corrected chi connectivity index (χ0v) is 9.59. The predicted octanol–water partition coefficient (Wildman–Crippen LogP) is 2.04. The molecule has 1 aromatic rings. The summed E-state index contributed by atoms with van der Waals surface area (Å²) in [5.74, 6) is 0. The van der Waals surface area contributed by atoms with E-state index in [1.54, 1.807) is 0 Å². The van der Waals surface area contributed by atoms with Gasteiger partial charge in [0.25, 0.3) is 0 Å².